The average Bonchev–Trinajstić information content (AvgIpc) is 2.34. The highest BCUT2D eigenvalue weighted by Gasteiger charge is 2.52. The van der Waals surface area contributed by atoms with E-state index in [1.54, 1.807) is 0 Å². The Labute approximate surface area is 125 Å². The minimum atomic E-state index is -1.76. The molecule has 1 fully saturated rings. The Hall–Kier alpha value is -2.20. The van der Waals surface area contributed by atoms with E-state index in [1.165, 1.54) is 0 Å². The van der Waals surface area contributed by atoms with Crippen LogP contribution in [0, 0.1) is 0 Å². The van der Waals surface area contributed by atoms with E-state index in [4.69, 9.17) is 19.3 Å². The fraction of sp³-hybridized carbons (Fsp3) is 0.667. The number of ether oxygens (including phenoxy) is 3. The van der Waals surface area contributed by atoms with E-state index in [2.05, 4.69) is 5.32 Å². The quantitative estimate of drug-likeness (QED) is 0.508. The van der Waals surface area contributed by atoms with Gasteiger partial charge >= 0.3 is 17.9 Å². The third-order valence-corrected chi connectivity index (χ3v) is 2.79. The van der Waals surface area contributed by atoms with E-state index in [-0.39, 0.29) is 0 Å². The fourth-order valence-electron chi connectivity index (χ4n) is 2.09. The van der Waals surface area contributed by atoms with E-state index < -0.39 is 54.5 Å². The SMILES string of the molecule is CC(=O)NC1C(O)OC(C(=O)O)C(OC(C)=O)C1OC(C)=O. The van der Waals surface area contributed by atoms with Gasteiger partial charge in [-0.2, -0.15) is 0 Å². The van der Waals surface area contributed by atoms with Gasteiger partial charge in [-0.15, -0.1) is 0 Å². The van der Waals surface area contributed by atoms with Gasteiger partial charge in [-0.05, 0) is 0 Å². The van der Waals surface area contributed by atoms with Crippen molar-refractivity contribution in [1.29, 1.82) is 0 Å². The summed E-state index contributed by atoms with van der Waals surface area (Å²) in [6.45, 7) is 3.22. The smallest absolute Gasteiger partial charge is 0.337 e. The lowest BCUT2D eigenvalue weighted by molar-refractivity contribution is -0.258. The molecule has 1 heterocycles. The predicted octanol–water partition coefficient (Wildman–Crippen LogP) is -1.84. The molecule has 0 aliphatic carbocycles. The molecule has 1 amide bonds. The maximum atomic E-state index is 11.2. The Morgan fingerprint density at radius 1 is 1.00 bits per heavy atom. The van der Waals surface area contributed by atoms with E-state index in [1.807, 2.05) is 0 Å². The first kappa shape index (κ1) is 17.9. The number of aliphatic carboxylic acids is 1. The Morgan fingerprint density at radius 2 is 1.50 bits per heavy atom. The van der Waals surface area contributed by atoms with Gasteiger partial charge in [0.15, 0.2) is 24.6 Å². The van der Waals surface area contributed by atoms with Crippen LogP contribution < -0.4 is 5.32 Å². The summed E-state index contributed by atoms with van der Waals surface area (Å²) in [6.07, 6.45) is -6.47. The van der Waals surface area contributed by atoms with Gasteiger partial charge < -0.3 is 29.7 Å². The molecule has 1 rings (SSSR count). The van der Waals surface area contributed by atoms with E-state index >= 15 is 0 Å². The van der Waals surface area contributed by atoms with Crippen molar-refractivity contribution < 1.29 is 43.6 Å². The molecule has 22 heavy (non-hydrogen) atoms. The van der Waals surface area contributed by atoms with Gasteiger partial charge in [0.2, 0.25) is 5.91 Å². The molecular formula is C12H17NO9. The van der Waals surface area contributed by atoms with Gasteiger partial charge in [0.1, 0.15) is 6.04 Å². The molecule has 0 bridgehead atoms. The number of hydrogen-bond donors (Lipinski definition) is 3. The highest BCUT2D eigenvalue weighted by Crippen LogP contribution is 2.25. The van der Waals surface area contributed by atoms with Crippen LogP contribution in [-0.2, 0) is 33.4 Å². The lowest BCUT2D eigenvalue weighted by Crippen LogP contribution is -2.66. The molecule has 3 N–H and O–H groups in total. The van der Waals surface area contributed by atoms with Crippen molar-refractivity contribution in [1.82, 2.24) is 5.32 Å². The van der Waals surface area contributed by atoms with Gasteiger partial charge in [-0.3, -0.25) is 14.4 Å². The van der Waals surface area contributed by atoms with Crippen LogP contribution in [0.15, 0.2) is 0 Å². The summed E-state index contributed by atoms with van der Waals surface area (Å²) >= 11 is 0. The normalized spacial score (nSPS) is 31.0. The largest absolute Gasteiger partial charge is 0.479 e. The second-order valence-electron chi connectivity index (χ2n) is 4.66. The summed E-state index contributed by atoms with van der Waals surface area (Å²) in [5.74, 6) is -3.76. The molecular weight excluding hydrogens is 302 g/mol. The summed E-state index contributed by atoms with van der Waals surface area (Å²) in [4.78, 5) is 44.8. The van der Waals surface area contributed by atoms with Gasteiger partial charge in [0.05, 0.1) is 0 Å². The second-order valence-corrected chi connectivity index (χ2v) is 4.66. The molecule has 0 spiro atoms. The van der Waals surface area contributed by atoms with Crippen LogP contribution >= 0.6 is 0 Å². The number of rotatable bonds is 4. The van der Waals surface area contributed by atoms with E-state index in [0.29, 0.717) is 0 Å². The lowest BCUT2D eigenvalue weighted by atomic mass is 9.96. The highest BCUT2D eigenvalue weighted by atomic mass is 16.7. The second kappa shape index (κ2) is 7.18. The molecule has 5 atom stereocenters. The first-order valence-electron chi connectivity index (χ1n) is 6.31. The monoisotopic (exact) mass is 319 g/mol. The molecule has 0 aromatic carbocycles. The first-order chi connectivity index (χ1) is 10.1. The number of carbonyl (C=O) groups is 4. The molecule has 0 aromatic rings. The molecule has 1 saturated heterocycles. The van der Waals surface area contributed by atoms with Crippen LogP contribution in [0.2, 0.25) is 0 Å². The summed E-state index contributed by atoms with van der Waals surface area (Å²) in [7, 11) is 0. The molecule has 124 valence electrons. The minimum absolute atomic E-state index is 0.583. The number of carboxylic acids is 1. The van der Waals surface area contributed by atoms with Crippen molar-refractivity contribution in [3.63, 3.8) is 0 Å². The number of nitrogens with one attached hydrogen (secondary N) is 1. The molecule has 1 aliphatic rings. The van der Waals surface area contributed by atoms with Gasteiger partial charge in [0.25, 0.3) is 0 Å². The third-order valence-electron chi connectivity index (χ3n) is 2.79. The lowest BCUT2D eigenvalue weighted by Gasteiger charge is -2.42. The average molecular weight is 319 g/mol. The standard InChI is InChI=1S/C12H17NO9/c1-4(14)13-7-8(20-5(2)15)9(21-6(3)16)10(11(17)18)22-12(7)19/h7-10,12,19H,1-3H3,(H,13,14)(H,17,18). The molecule has 0 radical (unpaired) electrons. The van der Waals surface area contributed by atoms with Gasteiger partial charge in [-0.25, -0.2) is 4.79 Å². The maximum Gasteiger partial charge on any atom is 0.337 e. The fourth-order valence-corrected chi connectivity index (χ4v) is 2.09. The summed E-state index contributed by atoms with van der Waals surface area (Å²) < 4.78 is 14.6. The predicted molar refractivity (Wildman–Crippen MR) is 67.2 cm³/mol. The number of carbonyl (C=O) groups excluding carboxylic acids is 3. The van der Waals surface area contributed by atoms with Gasteiger partial charge in [-0.1, -0.05) is 0 Å². The van der Waals surface area contributed by atoms with E-state index in [0.717, 1.165) is 20.8 Å². The van der Waals surface area contributed by atoms with Crippen LogP contribution in [-0.4, -0.2) is 64.7 Å². The van der Waals surface area contributed by atoms with Crippen molar-refractivity contribution in [3.8, 4) is 0 Å². The Kier molecular flexibility index (Phi) is 5.83. The van der Waals surface area contributed by atoms with Crippen LogP contribution in [0.25, 0.3) is 0 Å². The number of aliphatic hydroxyl groups is 1. The van der Waals surface area contributed by atoms with Crippen molar-refractivity contribution in [2.24, 2.45) is 0 Å². The van der Waals surface area contributed by atoms with Crippen LogP contribution in [0.1, 0.15) is 20.8 Å². The summed E-state index contributed by atoms with van der Waals surface area (Å²) in [6, 6.07) is -1.29. The zero-order chi connectivity index (χ0) is 17.0. The number of hydrogen-bond acceptors (Lipinski definition) is 8. The van der Waals surface area contributed by atoms with Crippen LogP contribution in [0.3, 0.4) is 0 Å². The summed E-state index contributed by atoms with van der Waals surface area (Å²) in [5, 5.41) is 21.2. The third kappa shape index (κ3) is 4.40. The molecule has 10 heteroatoms. The van der Waals surface area contributed by atoms with Crippen LogP contribution in [0.5, 0.6) is 0 Å². The minimum Gasteiger partial charge on any atom is -0.479 e. The molecule has 1 aliphatic heterocycles. The van der Waals surface area contributed by atoms with Crippen molar-refractivity contribution >= 4 is 23.8 Å². The number of esters is 2. The molecule has 0 aromatic heterocycles. The number of amides is 1. The Morgan fingerprint density at radius 3 is 1.91 bits per heavy atom. The highest BCUT2D eigenvalue weighted by molar-refractivity contribution is 5.76. The zero-order valence-electron chi connectivity index (χ0n) is 12.1. The van der Waals surface area contributed by atoms with Crippen LogP contribution in [0.4, 0.5) is 0 Å². The number of carboxylic acid groups (broad SMARTS) is 1. The first-order valence-corrected chi connectivity index (χ1v) is 6.31. The zero-order valence-corrected chi connectivity index (χ0v) is 12.1. The van der Waals surface area contributed by atoms with Gasteiger partial charge in [0, 0.05) is 20.8 Å². The van der Waals surface area contributed by atoms with Crippen molar-refractivity contribution in [2.75, 3.05) is 0 Å². The number of aliphatic hydroxyl groups excluding tert-OH is 1. The topological polar surface area (TPSA) is 148 Å². The molecule has 5 unspecified atom stereocenters. The molecule has 10 nitrogen and oxygen atoms in total. The summed E-state index contributed by atoms with van der Waals surface area (Å²) in [5.41, 5.74) is 0. The van der Waals surface area contributed by atoms with Crippen molar-refractivity contribution in [2.45, 2.75) is 51.4 Å². The van der Waals surface area contributed by atoms with Crippen molar-refractivity contribution in [3.05, 3.63) is 0 Å². The van der Waals surface area contributed by atoms with E-state index in [9.17, 15) is 24.3 Å². The Balaban J connectivity index is 3.18. The Bertz CT molecular complexity index is 477. The molecule has 0 saturated carbocycles. The maximum absolute atomic E-state index is 11.2.